The molecule has 2 amide bonds. The Morgan fingerprint density at radius 3 is 1.21 bits per heavy atom. The molecule has 0 aliphatic rings. The highest BCUT2D eigenvalue weighted by molar-refractivity contribution is 6.30. The molecule has 8 N–H and O–H groups in total. The minimum Gasteiger partial charge on any atom is -0.507 e. The van der Waals surface area contributed by atoms with Crippen molar-refractivity contribution in [1.29, 1.82) is 0 Å². The summed E-state index contributed by atoms with van der Waals surface area (Å²) >= 11 is 11.9. The standard InChI is InChI=1S/C40H34Cl2N2O8/c1-19-15-25-27(17-29(45)37(49)33(25)39(51)43-13-11-21-3-7-23(41)8-4-21)35(47)31(19)32-20(2)16-26-28(36(32)48)18-30(46)38(50)34(26)40(52)44-14-12-22-5-9-24(42)10-6-22/h3-10,15-18,45-50H,11-14H2,1-2H3,(H,43,51)(H,44,52). The summed E-state index contributed by atoms with van der Waals surface area (Å²) < 4.78 is 0. The average molecular weight is 742 g/mol. The summed E-state index contributed by atoms with van der Waals surface area (Å²) in [4.78, 5) is 26.8. The second-order valence-corrected chi connectivity index (χ2v) is 13.4. The van der Waals surface area contributed by atoms with Crippen LogP contribution in [0, 0.1) is 13.8 Å². The van der Waals surface area contributed by atoms with Crippen molar-refractivity contribution in [2.75, 3.05) is 13.1 Å². The molecule has 0 aromatic heterocycles. The van der Waals surface area contributed by atoms with Crippen LogP contribution in [-0.2, 0) is 12.8 Å². The Balaban J connectivity index is 1.38. The Kier molecular flexibility index (Phi) is 9.97. The number of amides is 2. The number of aryl methyl sites for hydroxylation is 2. The van der Waals surface area contributed by atoms with Crippen LogP contribution in [0.5, 0.6) is 34.5 Å². The second kappa shape index (κ2) is 14.4. The van der Waals surface area contributed by atoms with Gasteiger partial charge in [0.2, 0.25) is 0 Å². The van der Waals surface area contributed by atoms with E-state index in [2.05, 4.69) is 10.6 Å². The van der Waals surface area contributed by atoms with Crippen LogP contribution in [0.1, 0.15) is 43.0 Å². The van der Waals surface area contributed by atoms with Crippen LogP contribution in [-0.4, -0.2) is 55.5 Å². The Morgan fingerprint density at radius 2 is 0.865 bits per heavy atom. The fourth-order valence-electron chi connectivity index (χ4n) is 6.47. The Hall–Kier alpha value is -5.84. The van der Waals surface area contributed by atoms with E-state index >= 15 is 0 Å². The monoisotopic (exact) mass is 740 g/mol. The molecule has 0 fully saturated rings. The smallest absolute Gasteiger partial charge is 0.255 e. The number of aromatic hydroxyl groups is 6. The van der Waals surface area contributed by atoms with Crippen LogP contribution < -0.4 is 10.6 Å². The second-order valence-electron chi connectivity index (χ2n) is 12.5. The third-order valence-corrected chi connectivity index (χ3v) is 9.57. The molecule has 0 saturated carbocycles. The predicted octanol–water partition coefficient (Wildman–Crippen LogP) is 7.76. The van der Waals surface area contributed by atoms with Crippen molar-refractivity contribution in [2.45, 2.75) is 26.7 Å². The number of nitrogens with one attached hydrogen (secondary N) is 2. The molecule has 266 valence electrons. The van der Waals surface area contributed by atoms with E-state index in [1.54, 1.807) is 50.2 Å². The number of carbonyl (C=O) groups excluding carboxylic acids is 2. The van der Waals surface area contributed by atoms with Crippen LogP contribution in [0.2, 0.25) is 10.0 Å². The maximum Gasteiger partial charge on any atom is 0.255 e. The predicted molar refractivity (Wildman–Crippen MR) is 201 cm³/mol. The van der Waals surface area contributed by atoms with Gasteiger partial charge in [0, 0.05) is 55.8 Å². The van der Waals surface area contributed by atoms with Gasteiger partial charge in [-0.05, 0) is 97.5 Å². The first-order chi connectivity index (χ1) is 24.8. The fraction of sp³-hybridized carbons (Fsp3) is 0.150. The molecule has 0 aliphatic heterocycles. The highest BCUT2D eigenvalue weighted by Crippen LogP contribution is 2.50. The van der Waals surface area contributed by atoms with Gasteiger partial charge in [-0.15, -0.1) is 0 Å². The summed E-state index contributed by atoms with van der Waals surface area (Å²) in [6.07, 6.45) is 0.935. The van der Waals surface area contributed by atoms with E-state index in [9.17, 15) is 40.2 Å². The third-order valence-electron chi connectivity index (χ3n) is 9.06. The molecule has 52 heavy (non-hydrogen) atoms. The molecule has 0 spiro atoms. The van der Waals surface area contributed by atoms with E-state index in [1.165, 1.54) is 0 Å². The van der Waals surface area contributed by atoms with Crippen molar-refractivity contribution in [1.82, 2.24) is 10.6 Å². The van der Waals surface area contributed by atoms with Crippen LogP contribution in [0.3, 0.4) is 0 Å². The highest BCUT2D eigenvalue weighted by Gasteiger charge is 2.28. The summed E-state index contributed by atoms with van der Waals surface area (Å²) in [6.45, 7) is 3.68. The topological polar surface area (TPSA) is 180 Å². The van der Waals surface area contributed by atoms with Gasteiger partial charge in [-0.3, -0.25) is 9.59 Å². The lowest BCUT2D eigenvalue weighted by atomic mass is 9.87. The quantitative estimate of drug-likeness (QED) is 0.0693. The van der Waals surface area contributed by atoms with Gasteiger partial charge in [0.05, 0.1) is 11.1 Å². The van der Waals surface area contributed by atoms with Gasteiger partial charge in [-0.1, -0.05) is 47.5 Å². The molecule has 0 bridgehead atoms. The lowest BCUT2D eigenvalue weighted by molar-refractivity contribution is 0.0944. The SMILES string of the molecule is Cc1cc2c(C(=O)NCCc3ccc(Cl)cc3)c(O)c(O)cc2c(O)c1-c1c(C)cc2c(C(=O)NCCc3ccc(Cl)cc3)c(O)c(O)cc2c1O. The van der Waals surface area contributed by atoms with Gasteiger partial charge in [-0.2, -0.15) is 0 Å². The van der Waals surface area contributed by atoms with Gasteiger partial charge in [0.1, 0.15) is 11.5 Å². The minimum absolute atomic E-state index is 0.0203. The molecule has 12 heteroatoms. The summed E-state index contributed by atoms with van der Waals surface area (Å²) in [5.41, 5.74) is 2.42. The Labute approximate surface area is 308 Å². The number of phenolic OH excluding ortho intramolecular Hbond substituents is 6. The van der Waals surface area contributed by atoms with E-state index in [0.29, 0.717) is 34.0 Å². The number of benzene rings is 6. The van der Waals surface area contributed by atoms with E-state index in [0.717, 1.165) is 23.3 Å². The van der Waals surface area contributed by atoms with E-state index in [4.69, 9.17) is 23.2 Å². The van der Waals surface area contributed by atoms with Crippen LogP contribution in [0.25, 0.3) is 32.7 Å². The molecule has 6 rings (SSSR count). The summed E-state index contributed by atoms with van der Waals surface area (Å²) in [5, 5.41) is 73.3. The average Bonchev–Trinajstić information content (AvgIpc) is 3.10. The van der Waals surface area contributed by atoms with Gasteiger partial charge in [0.15, 0.2) is 23.0 Å². The fourth-order valence-corrected chi connectivity index (χ4v) is 6.72. The molecule has 0 aliphatic carbocycles. The molecular formula is C40H34Cl2N2O8. The summed E-state index contributed by atoms with van der Waals surface area (Å²) in [5.74, 6) is -4.79. The maximum atomic E-state index is 13.4. The molecular weight excluding hydrogens is 707 g/mol. The molecule has 6 aromatic rings. The Morgan fingerprint density at radius 1 is 0.519 bits per heavy atom. The zero-order valence-corrected chi connectivity index (χ0v) is 29.5. The molecule has 0 radical (unpaired) electrons. The zero-order valence-electron chi connectivity index (χ0n) is 28.0. The number of hydrogen-bond donors (Lipinski definition) is 8. The highest BCUT2D eigenvalue weighted by atomic mass is 35.5. The molecule has 10 nitrogen and oxygen atoms in total. The number of phenols is 6. The van der Waals surface area contributed by atoms with E-state index in [1.807, 2.05) is 24.3 Å². The summed E-state index contributed by atoms with van der Waals surface area (Å²) in [6, 6.07) is 19.6. The molecule has 0 atom stereocenters. The van der Waals surface area contributed by atoms with Gasteiger partial charge < -0.3 is 41.3 Å². The van der Waals surface area contributed by atoms with Crippen molar-refractivity contribution < 1.29 is 40.2 Å². The third kappa shape index (κ3) is 6.78. The molecule has 0 saturated heterocycles. The van der Waals surface area contributed by atoms with Crippen molar-refractivity contribution in [2.24, 2.45) is 0 Å². The number of carbonyl (C=O) groups is 2. The van der Waals surface area contributed by atoms with E-state index < -0.39 is 46.3 Å². The van der Waals surface area contributed by atoms with Crippen LogP contribution >= 0.6 is 23.2 Å². The first-order valence-electron chi connectivity index (χ1n) is 16.2. The van der Waals surface area contributed by atoms with Crippen molar-refractivity contribution in [3.8, 4) is 45.6 Å². The van der Waals surface area contributed by atoms with Crippen molar-refractivity contribution in [3.63, 3.8) is 0 Å². The zero-order chi connectivity index (χ0) is 37.4. The molecule has 0 unspecified atom stereocenters. The number of rotatable bonds is 9. The largest absolute Gasteiger partial charge is 0.507 e. The first kappa shape index (κ1) is 36.0. The van der Waals surface area contributed by atoms with Crippen molar-refractivity contribution in [3.05, 3.63) is 116 Å². The summed E-state index contributed by atoms with van der Waals surface area (Å²) in [7, 11) is 0. The number of fused-ring (bicyclic) bond motifs is 2. The number of halogens is 2. The normalized spacial score (nSPS) is 11.2. The van der Waals surface area contributed by atoms with E-state index in [-0.39, 0.29) is 56.9 Å². The van der Waals surface area contributed by atoms with Crippen LogP contribution in [0.4, 0.5) is 0 Å². The lowest BCUT2D eigenvalue weighted by Crippen LogP contribution is -2.26. The Bertz CT molecular complexity index is 2230. The minimum atomic E-state index is -0.682. The molecule has 0 heterocycles. The van der Waals surface area contributed by atoms with Gasteiger partial charge in [-0.25, -0.2) is 0 Å². The van der Waals surface area contributed by atoms with Crippen LogP contribution in [0.15, 0.2) is 72.8 Å². The lowest BCUT2D eigenvalue weighted by Gasteiger charge is -2.20. The van der Waals surface area contributed by atoms with Gasteiger partial charge in [0.25, 0.3) is 11.8 Å². The first-order valence-corrected chi connectivity index (χ1v) is 17.0. The van der Waals surface area contributed by atoms with Gasteiger partial charge >= 0.3 is 0 Å². The number of hydrogen-bond acceptors (Lipinski definition) is 8. The maximum absolute atomic E-state index is 13.4. The van der Waals surface area contributed by atoms with Crippen molar-refractivity contribution >= 4 is 56.6 Å². The molecule has 6 aromatic carbocycles.